The summed E-state index contributed by atoms with van der Waals surface area (Å²) >= 11 is 1.19. The lowest BCUT2D eigenvalue weighted by atomic mass is 9.98. The Kier molecular flexibility index (Phi) is 7.19. The van der Waals surface area contributed by atoms with Gasteiger partial charge in [-0.3, -0.25) is 9.59 Å². The molecule has 0 saturated carbocycles. The number of nitrogens with zero attached hydrogens (tertiary/aromatic N) is 1. The summed E-state index contributed by atoms with van der Waals surface area (Å²) in [6, 6.07) is 16.2. The number of hydrogen-bond donors (Lipinski definition) is 4. The molecule has 2 amide bonds. The first-order valence-electron chi connectivity index (χ1n) is 10.6. The van der Waals surface area contributed by atoms with Crippen LogP contribution >= 0.6 is 11.3 Å². The van der Waals surface area contributed by atoms with Crippen molar-refractivity contribution in [3.05, 3.63) is 75.7 Å². The molecule has 34 heavy (non-hydrogen) atoms. The Morgan fingerprint density at radius 3 is 2.32 bits per heavy atom. The molecule has 2 aromatic carbocycles. The van der Waals surface area contributed by atoms with Crippen LogP contribution in [-0.2, 0) is 16.1 Å². The number of carboxylic acid groups (broad SMARTS) is 1. The van der Waals surface area contributed by atoms with E-state index >= 15 is 0 Å². The number of aliphatic hydroxyl groups excluding tert-OH is 1. The molecule has 0 spiro atoms. The summed E-state index contributed by atoms with van der Waals surface area (Å²) < 4.78 is 5.48. The van der Waals surface area contributed by atoms with Crippen LogP contribution in [0.3, 0.4) is 0 Å². The molecular weight excluding hydrogens is 458 g/mol. The molecule has 4 N–H and O–H groups in total. The second-order valence-corrected chi connectivity index (χ2v) is 8.71. The van der Waals surface area contributed by atoms with Crippen molar-refractivity contribution in [3.8, 4) is 11.1 Å². The van der Waals surface area contributed by atoms with Crippen molar-refractivity contribution in [2.75, 3.05) is 13.2 Å². The zero-order chi connectivity index (χ0) is 24.1. The van der Waals surface area contributed by atoms with E-state index in [1.807, 2.05) is 36.4 Å². The molecule has 0 bridgehead atoms. The normalized spacial score (nSPS) is 13.0. The van der Waals surface area contributed by atoms with Gasteiger partial charge in [-0.15, -0.1) is 11.3 Å². The fourth-order valence-corrected chi connectivity index (χ4v) is 4.58. The van der Waals surface area contributed by atoms with E-state index in [4.69, 9.17) is 9.84 Å². The second-order valence-electron chi connectivity index (χ2n) is 7.77. The fraction of sp³-hybridized carbons (Fsp3) is 0.250. The Balaban J connectivity index is 1.27. The molecular formula is C24H23N3O6S. The molecule has 0 aliphatic heterocycles. The number of benzene rings is 2. The predicted octanol–water partition coefficient (Wildman–Crippen LogP) is 2.75. The summed E-state index contributed by atoms with van der Waals surface area (Å²) in [5.74, 6) is -1.73. The number of amides is 2. The van der Waals surface area contributed by atoms with Crippen molar-refractivity contribution >= 4 is 29.3 Å². The van der Waals surface area contributed by atoms with Crippen LogP contribution in [0.4, 0.5) is 4.79 Å². The van der Waals surface area contributed by atoms with Gasteiger partial charge >= 0.3 is 12.1 Å². The highest BCUT2D eigenvalue weighted by Gasteiger charge is 2.29. The third kappa shape index (κ3) is 5.41. The molecule has 0 radical (unpaired) electrons. The van der Waals surface area contributed by atoms with Crippen LogP contribution in [0.2, 0.25) is 0 Å². The van der Waals surface area contributed by atoms with Crippen LogP contribution < -0.4 is 10.6 Å². The van der Waals surface area contributed by atoms with Gasteiger partial charge in [0.05, 0.1) is 19.1 Å². The van der Waals surface area contributed by atoms with E-state index in [1.54, 1.807) is 0 Å². The first-order chi connectivity index (χ1) is 16.4. The first kappa shape index (κ1) is 23.4. The summed E-state index contributed by atoms with van der Waals surface area (Å²) in [7, 11) is 0. The van der Waals surface area contributed by atoms with Crippen LogP contribution in [0.25, 0.3) is 11.1 Å². The Bertz CT molecular complexity index is 1170. The van der Waals surface area contributed by atoms with E-state index < -0.39 is 30.5 Å². The third-order valence-corrected chi connectivity index (χ3v) is 6.27. The van der Waals surface area contributed by atoms with Gasteiger partial charge in [-0.1, -0.05) is 48.5 Å². The van der Waals surface area contributed by atoms with E-state index in [0.29, 0.717) is 5.01 Å². The number of carbonyl (C=O) groups is 3. The van der Waals surface area contributed by atoms with E-state index in [1.165, 1.54) is 16.7 Å². The molecule has 0 saturated heterocycles. The maximum Gasteiger partial charge on any atom is 0.407 e. The minimum absolute atomic E-state index is 0.0372. The lowest BCUT2D eigenvalue weighted by Gasteiger charge is -2.14. The smallest absolute Gasteiger partial charge is 0.407 e. The van der Waals surface area contributed by atoms with Gasteiger partial charge in [-0.25, -0.2) is 9.78 Å². The van der Waals surface area contributed by atoms with Crippen molar-refractivity contribution in [2.24, 2.45) is 0 Å². The highest BCUT2D eigenvalue weighted by atomic mass is 32.1. The van der Waals surface area contributed by atoms with Gasteiger partial charge in [0.25, 0.3) is 5.91 Å². The summed E-state index contributed by atoms with van der Waals surface area (Å²) in [5, 5.41) is 25.3. The lowest BCUT2D eigenvalue weighted by molar-refractivity contribution is -0.139. The van der Waals surface area contributed by atoms with Crippen molar-refractivity contribution in [1.29, 1.82) is 0 Å². The van der Waals surface area contributed by atoms with Gasteiger partial charge < -0.3 is 25.6 Å². The molecule has 0 fully saturated rings. The number of hydrogen-bond acceptors (Lipinski definition) is 7. The van der Waals surface area contributed by atoms with Crippen molar-refractivity contribution < 1.29 is 29.3 Å². The maximum atomic E-state index is 12.3. The largest absolute Gasteiger partial charge is 0.481 e. The van der Waals surface area contributed by atoms with E-state index in [9.17, 15) is 19.5 Å². The van der Waals surface area contributed by atoms with Crippen LogP contribution in [0, 0.1) is 0 Å². The maximum absolute atomic E-state index is 12.3. The zero-order valence-corrected chi connectivity index (χ0v) is 18.9. The van der Waals surface area contributed by atoms with Crippen molar-refractivity contribution in [3.63, 3.8) is 0 Å². The Hall–Kier alpha value is -3.76. The number of thiazole rings is 1. The minimum atomic E-state index is -1.19. The second kappa shape index (κ2) is 10.4. The Labute approximate surface area is 199 Å². The van der Waals surface area contributed by atoms with E-state index in [0.717, 1.165) is 22.3 Å². The minimum Gasteiger partial charge on any atom is -0.481 e. The SMILES string of the molecule is O=C(O)CC(O)CNC(=O)c1csc(CNC(=O)OCC2c3ccccc3-c3ccccc32)n1. The molecule has 4 rings (SSSR count). The summed E-state index contributed by atoms with van der Waals surface area (Å²) in [6.07, 6.45) is -2.23. The van der Waals surface area contributed by atoms with Crippen LogP contribution in [0.5, 0.6) is 0 Å². The average molecular weight is 482 g/mol. The van der Waals surface area contributed by atoms with Gasteiger partial charge in [0.15, 0.2) is 0 Å². The molecule has 1 aliphatic carbocycles. The Morgan fingerprint density at radius 2 is 1.68 bits per heavy atom. The summed E-state index contributed by atoms with van der Waals surface area (Å²) in [6.45, 7) is 0.0936. The number of nitrogens with one attached hydrogen (secondary N) is 2. The fourth-order valence-electron chi connectivity index (χ4n) is 3.87. The topological polar surface area (TPSA) is 138 Å². The number of aliphatic carboxylic acids is 1. The number of ether oxygens (including phenoxy) is 1. The highest BCUT2D eigenvalue weighted by Crippen LogP contribution is 2.44. The first-order valence-corrected chi connectivity index (χ1v) is 11.5. The molecule has 10 heteroatoms. The lowest BCUT2D eigenvalue weighted by Crippen LogP contribution is -2.33. The Morgan fingerprint density at radius 1 is 1.03 bits per heavy atom. The van der Waals surface area contributed by atoms with Gasteiger partial charge in [0.2, 0.25) is 0 Å². The number of carbonyl (C=O) groups excluding carboxylic acids is 2. The molecule has 9 nitrogen and oxygen atoms in total. The molecule has 1 unspecified atom stereocenters. The molecule has 1 heterocycles. The number of carboxylic acids is 1. The monoisotopic (exact) mass is 481 g/mol. The number of aromatic nitrogens is 1. The number of alkyl carbamates (subject to hydrolysis) is 1. The van der Waals surface area contributed by atoms with Crippen LogP contribution in [0.1, 0.15) is 39.0 Å². The van der Waals surface area contributed by atoms with Crippen molar-refractivity contribution in [2.45, 2.75) is 25.0 Å². The van der Waals surface area contributed by atoms with E-state index in [2.05, 4.69) is 27.8 Å². The predicted molar refractivity (Wildman–Crippen MR) is 125 cm³/mol. The highest BCUT2D eigenvalue weighted by molar-refractivity contribution is 7.09. The summed E-state index contributed by atoms with van der Waals surface area (Å²) in [4.78, 5) is 39.1. The summed E-state index contributed by atoms with van der Waals surface area (Å²) in [5.41, 5.74) is 4.67. The number of fused-ring (bicyclic) bond motifs is 3. The number of rotatable bonds is 9. The number of aliphatic hydroxyl groups is 1. The molecule has 1 atom stereocenters. The van der Waals surface area contributed by atoms with Gasteiger partial charge in [-0.05, 0) is 22.3 Å². The molecule has 3 aromatic rings. The third-order valence-electron chi connectivity index (χ3n) is 5.42. The van der Waals surface area contributed by atoms with E-state index in [-0.39, 0.29) is 31.3 Å². The molecule has 1 aliphatic rings. The van der Waals surface area contributed by atoms with Crippen LogP contribution in [-0.4, -0.2) is 52.4 Å². The van der Waals surface area contributed by atoms with Crippen molar-refractivity contribution in [1.82, 2.24) is 15.6 Å². The molecule has 176 valence electrons. The standard InChI is InChI=1S/C24H23N3O6S/c28-14(9-22(29)30)10-25-23(31)20-13-34-21(27-20)11-26-24(32)33-12-19-17-7-3-1-5-15(17)16-6-2-4-8-18(16)19/h1-8,13-14,19,28H,9-12H2,(H,25,31)(H,26,32)(H,29,30). The zero-order valence-electron chi connectivity index (χ0n) is 18.1. The average Bonchev–Trinajstić information content (AvgIpc) is 3.42. The molecule has 1 aromatic heterocycles. The van der Waals surface area contributed by atoms with Gasteiger partial charge in [0, 0.05) is 17.8 Å². The quantitative estimate of drug-likeness (QED) is 0.369. The van der Waals surface area contributed by atoms with Gasteiger partial charge in [0.1, 0.15) is 17.3 Å². The van der Waals surface area contributed by atoms with Gasteiger partial charge in [-0.2, -0.15) is 0 Å². The van der Waals surface area contributed by atoms with Crippen LogP contribution in [0.15, 0.2) is 53.9 Å².